The van der Waals surface area contributed by atoms with Gasteiger partial charge in [-0.25, -0.2) is 0 Å². The van der Waals surface area contributed by atoms with Gasteiger partial charge in [-0.1, -0.05) is 6.42 Å². The lowest BCUT2D eigenvalue weighted by Crippen LogP contribution is -2.34. The minimum absolute atomic E-state index is 0.112. The molecule has 25 heavy (non-hydrogen) atoms. The Bertz CT molecular complexity index is 647. The van der Waals surface area contributed by atoms with Gasteiger partial charge < -0.3 is 15.0 Å². The van der Waals surface area contributed by atoms with Crippen LogP contribution in [0.4, 0.5) is 5.69 Å². The molecule has 8 heteroatoms. The third kappa shape index (κ3) is 5.17. The van der Waals surface area contributed by atoms with Crippen LogP contribution in [-0.4, -0.2) is 48.4 Å². The van der Waals surface area contributed by atoms with Crippen LogP contribution in [-0.2, 0) is 4.79 Å². The summed E-state index contributed by atoms with van der Waals surface area (Å²) < 4.78 is 4.92. The molecule has 1 N–H and O–H groups in total. The zero-order valence-corrected chi connectivity index (χ0v) is 14.3. The third-order valence-corrected chi connectivity index (χ3v) is 4.20. The van der Waals surface area contributed by atoms with Gasteiger partial charge in [-0.2, -0.15) is 0 Å². The molecule has 0 aromatic heterocycles. The molecule has 0 bridgehead atoms. The molecule has 1 fully saturated rings. The molecule has 0 aliphatic carbocycles. The van der Waals surface area contributed by atoms with Crippen LogP contribution in [0.2, 0.25) is 0 Å². The number of nitro groups is 1. The normalized spacial score (nSPS) is 14.8. The summed E-state index contributed by atoms with van der Waals surface area (Å²) in [4.78, 5) is 36.3. The summed E-state index contributed by atoms with van der Waals surface area (Å²) in [5, 5.41) is 13.7. The van der Waals surface area contributed by atoms with Gasteiger partial charge in [0, 0.05) is 37.7 Å². The van der Waals surface area contributed by atoms with Crippen LogP contribution in [0, 0.1) is 10.1 Å². The number of nitro benzene ring substituents is 1. The Kier molecular flexibility index (Phi) is 6.73. The average molecular weight is 349 g/mol. The Hall–Kier alpha value is -2.64. The maximum absolute atomic E-state index is 12.1. The SMILES string of the molecule is COc1ccc(C(=O)NCCCN2CCCCCC2=O)cc1[N+](=O)[O-]. The highest BCUT2D eigenvalue weighted by Gasteiger charge is 2.18. The van der Waals surface area contributed by atoms with Crippen LogP contribution in [0.3, 0.4) is 0 Å². The van der Waals surface area contributed by atoms with Crippen molar-refractivity contribution < 1.29 is 19.2 Å². The van der Waals surface area contributed by atoms with Gasteiger partial charge in [-0.15, -0.1) is 0 Å². The fourth-order valence-corrected chi connectivity index (χ4v) is 2.82. The number of carbonyl (C=O) groups is 2. The summed E-state index contributed by atoms with van der Waals surface area (Å²) in [6.45, 7) is 1.79. The molecule has 0 atom stereocenters. The van der Waals surface area contributed by atoms with Crippen LogP contribution < -0.4 is 10.1 Å². The van der Waals surface area contributed by atoms with E-state index in [9.17, 15) is 19.7 Å². The van der Waals surface area contributed by atoms with E-state index in [4.69, 9.17) is 4.74 Å². The number of likely N-dealkylation sites (tertiary alicyclic amines) is 1. The Balaban J connectivity index is 1.85. The highest BCUT2D eigenvalue weighted by atomic mass is 16.6. The molecule has 1 aliphatic rings. The maximum Gasteiger partial charge on any atom is 0.311 e. The molecule has 0 spiro atoms. The fourth-order valence-electron chi connectivity index (χ4n) is 2.82. The monoisotopic (exact) mass is 349 g/mol. The highest BCUT2D eigenvalue weighted by Crippen LogP contribution is 2.27. The highest BCUT2D eigenvalue weighted by molar-refractivity contribution is 5.95. The number of nitrogens with one attached hydrogen (secondary N) is 1. The number of rotatable bonds is 7. The van der Waals surface area contributed by atoms with Gasteiger partial charge in [0.1, 0.15) is 0 Å². The summed E-state index contributed by atoms with van der Waals surface area (Å²) in [5.74, 6) is -0.0937. The molecule has 2 amide bonds. The number of amides is 2. The van der Waals surface area contributed by atoms with Crippen LogP contribution in [0.5, 0.6) is 5.75 Å². The Morgan fingerprint density at radius 3 is 2.88 bits per heavy atom. The predicted molar refractivity (Wildman–Crippen MR) is 91.6 cm³/mol. The van der Waals surface area contributed by atoms with Crippen LogP contribution in [0.15, 0.2) is 18.2 Å². The molecule has 8 nitrogen and oxygen atoms in total. The summed E-state index contributed by atoms with van der Waals surface area (Å²) in [7, 11) is 1.34. The zero-order chi connectivity index (χ0) is 18.2. The van der Waals surface area contributed by atoms with Crippen molar-refractivity contribution in [3.8, 4) is 5.75 Å². The molecule has 1 heterocycles. The molecule has 1 aliphatic heterocycles. The lowest BCUT2D eigenvalue weighted by atomic mass is 10.1. The Morgan fingerprint density at radius 2 is 2.16 bits per heavy atom. The molecule has 1 aromatic rings. The molecule has 136 valence electrons. The van der Waals surface area contributed by atoms with E-state index in [1.165, 1.54) is 25.3 Å². The fraction of sp³-hybridized carbons (Fsp3) is 0.529. The van der Waals surface area contributed by atoms with E-state index in [1.807, 2.05) is 4.90 Å². The lowest BCUT2D eigenvalue weighted by molar-refractivity contribution is -0.385. The van der Waals surface area contributed by atoms with Crippen molar-refractivity contribution in [1.29, 1.82) is 0 Å². The van der Waals surface area contributed by atoms with Crippen molar-refractivity contribution in [2.24, 2.45) is 0 Å². The largest absolute Gasteiger partial charge is 0.490 e. The van der Waals surface area contributed by atoms with Crippen LogP contribution in [0.1, 0.15) is 42.5 Å². The second-order valence-electron chi connectivity index (χ2n) is 5.94. The number of methoxy groups -OCH3 is 1. The van der Waals surface area contributed by atoms with Crippen molar-refractivity contribution in [2.45, 2.75) is 32.1 Å². The van der Waals surface area contributed by atoms with E-state index < -0.39 is 4.92 Å². The minimum atomic E-state index is -0.583. The maximum atomic E-state index is 12.1. The van der Waals surface area contributed by atoms with Gasteiger partial charge in [0.2, 0.25) is 5.91 Å². The van der Waals surface area contributed by atoms with E-state index in [2.05, 4.69) is 5.32 Å². The Morgan fingerprint density at radius 1 is 1.36 bits per heavy atom. The second-order valence-corrected chi connectivity index (χ2v) is 5.94. The summed E-state index contributed by atoms with van der Waals surface area (Å²) in [6, 6.07) is 4.09. The summed E-state index contributed by atoms with van der Waals surface area (Å²) in [5.41, 5.74) is -0.0383. The molecule has 0 saturated carbocycles. The van der Waals surface area contributed by atoms with E-state index in [-0.39, 0.29) is 28.8 Å². The summed E-state index contributed by atoms with van der Waals surface area (Å²) in [6.07, 6.45) is 4.29. The molecular formula is C17H23N3O5. The number of hydrogen-bond acceptors (Lipinski definition) is 5. The standard InChI is InChI=1S/C17H23N3O5/c1-25-15-8-7-13(12-14(15)20(23)24)17(22)18-9-5-11-19-10-4-2-3-6-16(19)21/h7-8,12H,2-6,9-11H2,1H3,(H,18,22). The van der Waals surface area contributed by atoms with Crippen molar-refractivity contribution in [2.75, 3.05) is 26.7 Å². The topological polar surface area (TPSA) is 102 Å². The molecular weight excluding hydrogens is 326 g/mol. The number of hydrogen-bond donors (Lipinski definition) is 1. The molecule has 0 radical (unpaired) electrons. The quantitative estimate of drug-likeness (QED) is 0.461. The first kappa shape index (κ1) is 18.7. The molecule has 0 unspecified atom stereocenters. The van der Waals surface area contributed by atoms with Crippen LogP contribution in [0.25, 0.3) is 0 Å². The molecule has 1 saturated heterocycles. The number of ether oxygens (including phenoxy) is 1. The number of benzene rings is 1. The van der Waals surface area contributed by atoms with Crippen molar-refractivity contribution in [3.63, 3.8) is 0 Å². The van der Waals surface area contributed by atoms with Gasteiger partial charge >= 0.3 is 5.69 Å². The van der Waals surface area contributed by atoms with E-state index in [1.54, 1.807) is 0 Å². The van der Waals surface area contributed by atoms with Gasteiger partial charge in [0.15, 0.2) is 5.75 Å². The number of nitrogens with zero attached hydrogens (tertiary/aromatic N) is 2. The predicted octanol–water partition coefficient (Wildman–Crippen LogP) is 2.13. The molecule has 2 rings (SSSR count). The lowest BCUT2D eigenvalue weighted by Gasteiger charge is -2.20. The average Bonchev–Trinajstić information content (AvgIpc) is 2.82. The first-order valence-electron chi connectivity index (χ1n) is 8.41. The zero-order valence-electron chi connectivity index (χ0n) is 14.3. The van der Waals surface area contributed by atoms with Crippen molar-refractivity contribution >= 4 is 17.5 Å². The number of carbonyl (C=O) groups excluding carboxylic acids is 2. The molecule has 1 aromatic carbocycles. The first-order valence-corrected chi connectivity index (χ1v) is 8.41. The third-order valence-electron chi connectivity index (χ3n) is 4.20. The minimum Gasteiger partial charge on any atom is -0.490 e. The van der Waals surface area contributed by atoms with E-state index in [0.29, 0.717) is 25.9 Å². The van der Waals surface area contributed by atoms with Crippen molar-refractivity contribution in [1.82, 2.24) is 10.2 Å². The van der Waals surface area contributed by atoms with Gasteiger partial charge in [-0.3, -0.25) is 19.7 Å². The smallest absolute Gasteiger partial charge is 0.311 e. The van der Waals surface area contributed by atoms with E-state index in [0.717, 1.165) is 25.8 Å². The second kappa shape index (κ2) is 9.00. The van der Waals surface area contributed by atoms with Crippen molar-refractivity contribution in [3.05, 3.63) is 33.9 Å². The van der Waals surface area contributed by atoms with Gasteiger partial charge in [0.05, 0.1) is 12.0 Å². The Labute approximate surface area is 146 Å². The summed E-state index contributed by atoms with van der Waals surface area (Å²) >= 11 is 0. The van der Waals surface area contributed by atoms with E-state index >= 15 is 0 Å². The van der Waals surface area contributed by atoms with Gasteiger partial charge in [-0.05, 0) is 31.4 Å². The van der Waals surface area contributed by atoms with Gasteiger partial charge in [0.25, 0.3) is 5.91 Å². The first-order chi connectivity index (χ1) is 12.0. The van der Waals surface area contributed by atoms with Crippen LogP contribution >= 0.6 is 0 Å².